The van der Waals surface area contributed by atoms with Crippen LogP contribution in [0.2, 0.25) is 5.15 Å². The van der Waals surface area contributed by atoms with Gasteiger partial charge in [-0.05, 0) is 43.2 Å². The summed E-state index contributed by atoms with van der Waals surface area (Å²) >= 11 is 5.73. The van der Waals surface area contributed by atoms with E-state index < -0.39 is 4.92 Å². The van der Waals surface area contributed by atoms with E-state index in [0.29, 0.717) is 5.75 Å². The van der Waals surface area contributed by atoms with Crippen molar-refractivity contribution in [3.8, 4) is 11.6 Å². The van der Waals surface area contributed by atoms with Crippen LogP contribution in [0.1, 0.15) is 11.1 Å². The Bertz CT molecular complexity index is 644. The van der Waals surface area contributed by atoms with Gasteiger partial charge in [-0.3, -0.25) is 10.1 Å². The van der Waals surface area contributed by atoms with Crippen molar-refractivity contribution in [2.45, 2.75) is 13.8 Å². The van der Waals surface area contributed by atoms with Crippen LogP contribution >= 0.6 is 11.6 Å². The standard InChI is InChI=1S/C13H11ClN2O3/c1-8-3-4-10(7-9(8)2)19-13-11(16(17)18)5-6-12(14)15-13/h3-7H,1-2H3. The molecule has 0 saturated heterocycles. The summed E-state index contributed by atoms with van der Waals surface area (Å²) in [6.07, 6.45) is 0. The average molecular weight is 279 g/mol. The van der Waals surface area contributed by atoms with Gasteiger partial charge in [-0.1, -0.05) is 17.7 Å². The van der Waals surface area contributed by atoms with E-state index in [9.17, 15) is 10.1 Å². The maximum Gasteiger partial charge on any atom is 0.331 e. The van der Waals surface area contributed by atoms with Crippen molar-refractivity contribution >= 4 is 17.3 Å². The van der Waals surface area contributed by atoms with Gasteiger partial charge in [0.25, 0.3) is 0 Å². The molecule has 1 aromatic carbocycles. The molecule has 0 aliphatic carbocycles. The molecule has 2 rings (SSSR count). The highest BCUT2D eigenvalue weighted by Gasteiger charge is 2.18. The van der Waals surface area contributed by atoms with Crippen molar-refractivity contribution in [1.29, 1.82) is 0 Å². The van der Waals surface area contributed by atoms with Gasteiger partial charge in [-0.2, -0.15) is 4.98 Å². The zero-order chi connectivity index (χ0) is 14.0. The molecular weight excluding hydrogens is 268 g/mol. The molecule has 0 radical (unpaired) electrons. The van der Waals surface area contributed by atoms with E-state index in [1.54, 1.807) is 12.1 Å². The van der Waals surface area contributed by atoms with Crippen molar-refractivity contribution < 1.29 is 9.66 Å². The summed E-state index contributed by atoms with van der Waals surface area (Å²) in [4.78, 5) is 14.2. The first-order valence-corrected chi connectivity index (χ1v) is 5.91. The molecule has 19 heavy (non-hydrogen) atoms. The minimum Gasteiger partial charge on any atom is -0.434 e. The topological polar surface area (TPSA) is 65.3 Å². The summed E-state index contributed by atoms with van der Waals surface area (Å²) in [6.45, 7) is 3.90. The van der Waals surface area contributed by atoms with Crippen LogP contribution in [0.3, 0.4) is 0 Å². The molecule has 0 spiro atoms. The lowest BCUT2D eigenvalue weighted by Gasteiger charge is -2.07. The van der Waals surface area contributed by atoms with Crippen molar-refractivity contribution in [3.05, 3.63) is 56.7 Å². The van der Waals surface area contributed by atoms with Crippen LogP contribution in [0.25, 0.3) is 0 Å². The largest absolute Gasteiger partial charge is 0.434 e. The zero-order valence-corrected chi connectivity index (χ0v) is 11.1. The summed E-state index contributed by atoms with van der Waals surface area (Å²) in [5, 5.41) is 11.0. The summed E-state index contributed by atoms with van der Waals surface area (Å²) in [7, 11) is 0. The van der Waals surface area contributed by atoms with E-state index in [0.717, 1.165) is 11.1 Å². The number of ether oxygens (including phenoxy) is 1. The molecular formula is C13H11ClN2O3. The fourth-order valence-corrected chi connectivity index (χ4v) is 1.65. The SMILES string of the molecule is Cc1ccc(Oc2nc(Cl)ccc2[N+](=O)[O-])cc1C. The number of hydrogen-bond acceptors (Lipinski definition) is 4. The Morgan fingerprint density at radius 3 is 2.58 bits per heavy atom. The molecule has 0 aliphatic heterocycles. The number of benzene rings is 1. The van der Waals surface area contributed by atoms with Crippen molar-refractivity contribution in [2.24, 2.45) is 0 Å². The van der Waals surface area contributed by atoms with Crippen LogP contribution in [0.15, 0.2) is 30.3 Å². The quantitative estimate of drug-likeness (QED) is 0.482. The van der Waals surface area contributed by atoms with Gasteiger partial charge in [-0.15, -0.1) is 0 Å². The molecule has 5 nitrogen and oxygen atoms in total. The monoisotopic (exact) mass is 278 g/mol. The first-order chi connectivity index (χ1) is 8.97. The Morgan fingerprint density at radius 1 is 1.21 bits per heavy atom. The smallest absolute Gasteiger partial charge is 0.331 e. The van der Waals surface area contributed by atoms with E-state index in [4.69, 9.17) is 16.3 Å². The number of nitro groups is 1. The maximum atomic E-state index is 10.9. The molecule has 0 unspecified atom stereocenters. The maximum absolute atomic E-state index is 10.9. The van der Waals surface area contributed by atoms with E-state index in [1.165, 1.54) is 12.1 Å². The number of hydrogen-bond donors (Lipinski definition) is 0. The molecule has 2 aromatic rings. The number of rotatable bonds is 3. The van der Waals surface area contributed by atoms with Gasteiger partial charge >= 0.3 is 11.6 Å². The van der Waals surface area contributed by atoms with Gasteiger partial charge < -0.3 is 4.74 Å². The molecule has 0 saturated carbocycles. The summed E-state index contributed by atoms with van der Waals surface area (Å²) in [5.74, 6) is 0.377. The van der Waals surface area contributed by atoms with Crippen LogP contribution < -0.4 is 4.74 Å². The molecule has 1 heterocycles. The Balaban J connectivity index is 2.39. The minimum atomic E-state index is -0.556. The molecule has 0 atom stereocenters. The minimum absolute atomic E-state index is 0.110. The highest BCUT2D eigenvalue weighted by Crippen LogP contribution is 2.31. The van der Waals surface area contributed by atoms with Gasteiger partial charge in [-0.25, -0.2) is 0 Å². The number of aromatic nitrogens is 1. The number of halogens is 1. The van der Waals surface area contributed by atoms with E-state index >= 15 is 0 Å². The summed E-state index contributed by atoms with van der Waals surface area (Å²) < 4.78 is 5.45. The summed E-state index contributed by atoms with van der Waals surface area (Å²) in [6, 6.07) is 8.02. The molecule has 0 bridgehead atoms. The highest BCUT2D eigenvalue weighted by molar-refractivity contribution is 6.29. The second-order valence-corrected chi connectivity index (χ2v) is 4.45. The van der Waals surface area contributed by atoms with Crippen LogP contribution in [0.4, 0.5) is 5.69 Å². The molecule has 6 heteroatoms. The zero-order valence-electron chi connectivity index (χ0n) is 10.4. The third kappa shape index (κ3) is 3.00. The third-order valence-electron chi connectivity index (χ3n) is 2.70. The second kappa shape index (κ2) is 5.24. The lowest BCUT2D eigenvalue weighted by atomic mass is 10.1. The van der Waals surface area contributed by atoms with E-state index in [-0.39, 0.29) is 16.7 Å². The van der Waals surface area contributed by atoms with Gasteiger partial charge in [0.05, 0.1) is 4.92 Å². The van der Waals surface area contributed by atoms with E-state index in [1.807, 2.05) is 19.9 Å². The number of nitrogens with zero attached hydrogens (tertiary/aromatic N) is 2. The molecule has 98 valence electrons. The second-order valence-electron chi connectivity index (χ2n) is 4.06. The Labute approximate surface area is 115 Å². The lowest BCUT2D eigenvalue weighted by Crippen LogP contribution is -1.96. The number of pyridine rings is 1. The average Bonchev–Trinajstić information content (AvgIpc) is 2.33. The lowest BCUT2D eigenvalue weighted by molar-refractivity contribution is -0.386. The van der Waals surface area contributed by atoms with Crippen molar-refractivity contribution in [2.75, 3.05) is 0 Å². The predicted octanol–water partition coefficient (Wildman–Crippen LogP) is 4.05. The highest BCUT2D eigenvalue weighted by atomic mass is 35.5. The first-order valence-electron chi connectivity index (χ1n) is 5.53. The Morgan fingerprint density at radius 2 is 1.95 bits per heavy atom. The van der Waals surface area contributed by atoms with Gasteiger partial charge in [0.2, 0.25) is 0 Å². The summed E-state index contributed by atoms with van der Waals surface area (Å²) in [5.41, 5.74) is 1.92. The molecule has 0 amide bonds. The molecule has 1 aromatic heterocycles. The van der Waals surface area contributed by atoms with Crippen LogP contribution in [0.5, 0.6) is 11.6 Å². The van der Waals surface area contributed by atoms with Crippen molar-refractivity contribution in [3.63, 3.8) is 0 Å². The third-order valence-corrected chi connectivity index (χ3v) is 2.91. The Hall–Kier alpha value is -2.14. The van der Waals surface area contributed by atoms with Crippen LogP contribution in [0, 0.1) is 24.0 Å². The van der Waals surface area contributed by atoms with E-state index in [2.05, 4.69) is 4.98 Å². The molecule has 0 fully saturated rings. The molecule has 0 aliphatic rings. The predicted molar refractivity (Wildman–Crippen MR) is 71.9 cm³/mol. The van der Waals surface area contributed by atoms with Gasteiger partial charge in [0, 0.05) is 6.07 Å². The first kappa shape index (κ1) is 13.3. The normalized spacial score (nSPS) is 10.3. The van der Waals surface area contributed by atoms with Crippen LogP contribution in [-0.2, 0) is 0 Å². The van der Waals surface area contributed by atoms with Gasteiger partial charge in [0.1, 0.15) is 10.9 Å². The Kier molecular flexibility index (Phi) is 3.66. The number of aryl methyl sites for hydroxylation is 2. The fraction of sp³-hybridized carbons (Fsp3) is 0.154. The molecule has 0 N–H and O–H groups in total. The van der Waals surface area contributed by atoms with Crippen LogP contribution in [-0.4, -0.2) is 9.91 Å². The fourth-order valence-electron chi connectivity index (χ4n) is 1.51. The van der Waals surface area contributed by atoms with Crippen molar-refractivity contribution in [1.82, 2.24) is 4.98 Å². The van der Waals surface area contributed by atoms with Gasteiger partial charge in [0.15, 0.2) is 0 Å².